The highest BCUT2D eigenvalue weighted by molar-refractivity contribution is 5.94. The molecule has 20 heavy (non-hydrogen) atoms. The quantitative estimate of drug-likeness (QED) is 0.716. The summed E-state index contributed by atoms with van der Waals surface area (Å²) in [5, 5.41) is 2.29. The van der Waals surface area contributed by atoms with E-state index in [0.29, 0.717) is 6.42 Å². The van der Waals surface area contributed by atoms with Gasteiger partial charge in [0, 0.05) is 12.8 Å². The number of carbonyl (C=O) groups is 2. The van der Waals surface area contributed by atoms with Gasteiger partial charge in [-0.3, -0.25) is 14.9 Å². The summed E-state index contributed by atoms with van der Waals surface area (Å²) in [7, 11) is 0. The molecular weight excluding hydrogens is 250 g/mol. The van der Waals surface area contributed by atoms with Gasteiger partial charge in [-0.05, 0) is 18.4 Å². The van der Waals surface area contributed by atoms with E-state index < -0.39 is 0 Å². The van der Waals surface area contributed by atoms with Gasteiger partial charge in [-0.1, -0.05) is 64.3 Å². The summed E-state index contributed by atoms with van der Waals surface area (Å²) in [5.74, 6) is -0.742. The van der Waals surface area contributed by atoms with Crippen LogP contribution in [0, 0.1) is 5.92 Å². The number of hydrogen-bond acceptors (Lipinski definition) is 2. The lowest BCUT2D eigenvalue weighted by molar-refractivity contribution is -0.131. The van der Waals surface area contributed by atoms with Crippen LogP contribution in [0.2, 0.25) is 0 Å². The number of hydrogen-bond donors (Lipinski definition) is 1. The molecule has 0 radical (unpaired) electrons. The molecule has 0 fully saturated rings. The second-order valence-corrected chi connectivity index (χ2v) is 4.05. The minimum atomic E-state index is -0.319. The summed E-state index contributed by atoms with van der Waals surface area (Å²) < 4.78 is 0. The van der Waals surface area contributed by atoms with Crippen LogP contribution in [-0.2, 0) is 9.59 Å². The lowest BCUT2D eigenvalue weighted by atomic mass is 10.00. The molecule has 3 nitrogen and oxygen atoms in total. The summed E-state index contributed by atoms with van der Waals surface area (Å²) in [4.78, 5) is 22.3. The summed E-state index contributed by atoms with van der Waals surface area (Å²) in [6.45, 7) is 14.4. The molecule has 0 aromatic carbocycles. The zero-order valence-electron chi connectivity index (χ0n) is 13.1. The fraction of sp³-hybridized carbons (Fsp3) is 0.412. The van der Waals surface area contributed by atoms with Crippen LogP contribution in [0.15, 0.2) is 49.1 Å². The SMILES string of the molecule is C=C/C=C\C=C(/C=C)CCC(C)C(=O)NC(C)=O.CC. The molecule has 0 saturated heterocycles. The summed E-state index contributed by atoms with van der Waals surface area (Å²) in [6.07, 6.45) is 10.5. The lowest BCUT2D eigenvalue weighted by Crippen LogP contribution is -2.32. The molecular formula is C17H27NO2. The third-order valence-electron chi connectivity index (χ3n) is 2.43. The largest absolute Gasteiger partial charge is 0.296 e. The molecule has 0 rings (SSSR count). The fourth-order valence-corrected chi connectivity index (χ4v) is 1.32. The Bertz CT molecular complexity index is 378. The normalized spacial score (nSPS) is 12.1. The molecule has 0 aromatic heterocycles. The minimum Gasteiger partial charge on any atom is -0.296 e. The molecule has 0 heterocycles. The van der Waals surface area contributed by atoms with Crippen molar-refractivity contribution >= 4 is 11.8 Å². The van der Waals surface area contributed by atoms with E-state index in [4.69, 9.17) is 0 Å². The Hall–Kier alpha value is -1.90. The summed E-state index contributed by atoms with van der Waals surface area (Å²) in [5.41, 5.74) is 1.05. The van der Waals surface area contributed by atoms with Crippen molar-refractivity contribution in [1.82, 2.24) is 5.32 Å². The highest BCUT2D eigenvalue weighted by atomic mass is 16.2. The first-order chi connectivity index (χ1) is 9.51. The van der Waals surface area contributed by atoms with Crippen LogP contribution >= 0.6 is 0 Å². The second kappa shape index (κ2) is 13.5. The van der Waals surface area contributed by atoms with E-state index >= 15 is 0 Å². The summed E-state index contributed by atoms with van der Waals surface area (Å²) in [6, 6.07) is 0. The summed E-state index contributed by atoms with van der Waals surface area (Å²) >= 11 is 0. The van der Waals surface area contributed by atoms with E-state index in [1.807, 2.05) is 32.1 Å². The van der Waals surface area contributed by atoms with E-state index in [1.54, 1.807) is 19.1 Å². The van der Waals surface area contributed by atoms with E-state index in [1.165, 1.54) is 6.92 Å². The molecule has 0 spiro atoms. The van der Waals surface area contributed by atoms with Gasteiger partial charge < -0.3 is 0 Å². The van der Waals surface area contributed by atoms with Gasteiger partial charge in [0.1, 0.15) is 0 Å². The third kappa shape index (κ3) is 11.2. The van der Waals surface area contributed by atoms with Gasteiger partial charge in [0.2, 0.25) is 11.8 Å². The standard InChI is InChI=1S/C15H21NO2.C2H6/c1-5-7-8-9-14(6-2)11-10-12(3)15(18)16-13(4)17;1-2/h5-9,12H,1-2,10-11H2,3-4H3,(H,16,17,18);1-2H3/b8-7-,14-9+;. The zero-order valence-corrected chi connectivity index (χ0v) is 13.1. The fourth-order valence-electron chi connectivity index (χ4n) is 1.32. The van der Waals surface area contributed by atoms with E-state index in [-0.39, 0.29) is 17.7 Å². The van der Waals surface area contributed by atoms with Crippen LogP contribution in [0.25, 0.3) is 0 Å². The van der Waals surface area contributed by atoms with Crippen LogP contribution in [0.1, 0.15) is 40.5 Å². The molecule has 1 unspecified atom stereocenters. The topological polar surface area (TPSA) is 46.2 Å². The first-order valence-electron chi connectivity index (χ1n) is 6.93. The number of carbonyl (C=O) groups excluding carboxylic acids is 2. The van der Waals surface area contributed by atoms with Crippen LogP contribution in [0.3, 0.4) is 0 Å². The monoisotopic (exact) mass is 277 g/mol. The van der Waals surface area contributed by atoms with E-state index in [2.05, 4.69) is 18.5 Å². The van der Waals surface area contributed by atoms with Gasteiger partial charge >= 0.3 is 0 Å². The molecule has 112 valence electrons. The van der Waals surface area contributed by atoms with Gasteiger partial charge in [-0.15, -0.1) is 0 Å². The number of imide groups is 1. The van der Waals surface area contributed by atoms with Gasteiger partial charge in [-0.2, -0.15) is 0 Å². The molecule has 0 aromatic rings. The molecule has 3 heteroatoms. The van der Waals surface area contributed by atoms with Crippen LogP contribution < -0.4 is 5.32 Å². The Labute approximate surface area is 123 Å². The first kappa shape index (κ1) is 20.4. The van der Waals surface area contributed by atoms with E-state index in [9.17, 15) is 9.59 Å². The Kier molecular flexibility index (Phi) is 13.8. The molecule has 1 atom stereocenters. The maximum atomic E-state index is 11.5. The van der Waals surface area contributed by atoms with E-state index in [0.717, 1.165) is 12.0 Å². The highest BCUT2D eigenvalue weighted by Gasteiger charge is 2.13. The predicted molar refractivity (Wildman–Crippen MR) is 86.2 cm³/mol. The van der Waals surface area contributed by atoms with Crippen molar-refractivity contribution in [2.24, 2.45) is 5.92 Å². The van der Waals surface area contributed by atoms with Crippen molar-refractivity contribution in [1.29, 1.82) is 0 Å². The maximum absolute atomic E-state index is 11.5. The maximum Gasteiger partial charge on any atom is 0.229 e. The second-order valence-electron chi connectivity index (χ2n) is 4.05. The highest BCUT2D eigenvalue weighted by Crippen LogP contribution is 2.13. The average Bonchev–Trinajstić information content (AvgIpc) is 2.43. The number of nitrogens with one attached hydrogen (secondary N) is 1. The molecule has 0 saturated carbocycles. The molecule has 0 aliphatic carbocycles. The van der Waals surface area contributed by atoms with Gasteiger partial charge in [0.15, 0.2) is 0 Å². The van der Waals surface area contributed by atoms with Gasteiger partial charge in [0.05, 0.1) is 0 Å². The Morgan fingerprint density at radius 3 is 2.25 bits per heavy atom. The zero-order chi connectivity index (χ0) is 16.0. The van der Waals surface area contributed by atoms with Crippen molar-refractivity contribution in [3.8, 4) is 0 Å². The number of amides is 2. The van der Waals surface area contributed by atoms with Crippen molar-refractivity contribution in [3.63, 3.8) is 0 Å². The Morgan fingerprint density at radius 2 is 1.80 bits per heavy atom. The van der Waals surface area contributed by atoms with Crippen LogP contribution in [0.5, 0.6) is 0 Å². The molecule has 0 aliphatic rings. The molecule has 2 amide bonds. The first-order valence-corrected chi connectivity index (χ1v) is 6.93. The van der Waals surface area contributed by atoms with Crippen molar-refractivity contribution in [2.75, 3.05) is 0 Å². The Morgan fingerprint density at radius 1 is 1.20 bits per heavy atom. The van der Waals surface area contributed by atoms with Crippen molar-refractivity contribution in [3.05, 3.63) is 49.1 Å². The lowest BCUT2D eigenvalue weighted by Gasteiger charge is -2.10. The molecule has 1 N–H and O–H groups in total. The smallest absolute Gasteiger partial charge is 0.229 e. The Balaban J connectivity index is 0. The minimum absolute atomic E-state index is 0.194. The third-order valence-corrected chi connectivity index (χ3v) is 2.43. The molecule has 0 bridgehead atoms. The van der Waals surface area contributed by atoms with Crippen LogP contribution in [0.4, 0.5) is 0 Å². The van der Waals surface area contributed by atoms with Crippen LogP contribution in [-0.4, -0.2) is 11.8 Å². The van der Waals surface area contributed by atoms with Crippen molar-refractivity contribution in [2.45, 2.75) is 40.5 Å². The van der Waals surface area contributed by atoms with Gasteiger partial charge in [0.25, 0.3) is 0 Å². The molecule has 0 aliphatic heterocycles. The predicted octanol–water partition coefficient (Wildman–Crippen LogP) is 3.95. The number of rotatable bonds is 7. The van der Waals surface area contributed by atoms with Gasteiger partial charge in [-0.25, -0.2) is 0 Å². The van der Waals surface area contributed by atoms with Crippen molar-refractivity contribution < 1.29 is 9.59 Å². The average molecular weight is 277 g/mol. The number of allylic oxidation sites excluding steroid dienone is 6.